The second-order valence-electron chi connectivity index (χ2n) is 5.14. The van der Waals surface area contributed by atoms with Crippen LogP contribution in [0.1, 0.15) is 10.4 Å². The molecule has 6 heteroatoms. The molecule has 0 saturated carbocycles. The molecule has 19 heavy (non-hydrogen) atoms. The van der Waals surface area contributed by atoms with Crippen molar-refractivity contribution in [1.29, 1.82) is 0 Å². The third-order valence-corrected chi connectivity index (χ3v) is 3.91. The zero-order valence-corrected chi connectivity index (χ0v) is 10.1. The highest BCUT2D eigenvalue weighted by molar-refractivity contribution is 5.94. The molecule has 3 rings (SSSR count). The van der Waals surface area contributed by atoms with Gasteiger partial charge in [-0.1, -0.05) is 0 Å². The second-order valence-corrected chi connectivity index (χ2v) is 5.14. The van der Waals surface area contributed by atoms with Crippen molar-refractivity contribution in [2.75, 3.05) is 26.2 Å². The molecule has 3 nitrogen and oxygen atoms in total. The molecule has 0 radical (unpaired) electrons. The van der Waals surface area contributed by atoms with Crippen molar-refractivity contribution in [3.8, 4) is 0 Å². The topological polar surface area (TPSA) is 32.3 Å². The molecule has 0 aliphatic carbocycles. The fourth-order valence-corrected chi connectivity index (χ4v) is 2.88. The number of rotatable bonds is 1. The maximum Gasteiger partial charge on any atom is 0.254 e. The largest absolute Gasteiger partial charge is 0.338 e. The van der Waals surface area contributed by atoms with Gasteiger partial charge in [-0.15, -0.1) is 0 Å². The van der Waals surface area contributed by atoms with Crippen molar-refractivity contribution < 1.29 is 18.0 Å². The van der Waals surface area contributed by atoms with Gasteiger partial charge in [-0.05, 0) is 24.0 Å². The van der Waals surface area contributed by atoms with Gasteiger partial charge in [-0.3, -0.25) is 4.79 Å². The monoisotopic (exact) mass is 270 g/mol. The van der Waals surface area contributed by atoms with E-state index in [1.165, 1.54) is 0 Å². The summed E-state index contributed by atoms with van der Waals surface area (Å²) in [6.07, 6.45) is 0. The van der Waals surface area contributed by atoms with Crippen molar-refractivity contribution in [2.45, 2.75) is 0 Å². The standard InChI is InChI=1S/C13H13F3N2O/c14-10-1-7(2-11(15)12(10)16)13(19)18-5-8-3-17-4-9(8)6-18/h1-2,8-9,17H,3-6H2/t8-,9+. The number of nitrogens with zero attached hydrogens (tertiary/aromatic N) is 1. The molecular formula is C13H13F3N2O. The van der Waals surface area contributed by atoms with Crippen LogP contribution < -0.4 is 5.32 Å². The molecule has 1 amide bonds. The van der Waals surface area contributed by atoms with E-state index in [1.54, 1.807) is 4.90 Å². The van der Waals surface area contributed by atoms with Gasteiger partial charge in [0.25, 0.3) is 5.91 Å². The van der Waals surface area contributed by atoms with Crippen molar-refractivity contribution in [3.05, 3.63) is 35.1 Å². The van der Waals surface area contributed by atoms with Crippen LogP contribution in [0.25, 0.3) is 0 Å². The fraction of sp³-hybridized carbons (Fsp3) is 0.462. The number of hydrogen-bond donors (Lipinski definition) is 1. The van der Waals surface area contributed by atoms with Crippen LogP contribution in [0.2, 0.25) is 0 Å². The number of amides is 1. The number of likely N-dealkylation sites (tertiary alicyclic amines) is 1. The van der Waals surface area contributed by atoms with E-state index in [-0.39, 0.29) is 5.56 Å². The molecule has 0 unspecified atom stereocenters. The van der Waals surface area contributed by atoms with Crippen LogP contribution in [-0.2, 0) is 0 Å². The van der Waals surface area contributed by atoms with Crippen LogP contribution >= 0.6 is 0 Å². The molecule has 0 aromatic heterocycles. The summed E-state index contributed by atoms with van der Waals surface area (Å²) in [5.74, 6) is -3.83. The number of fused-ring (bicyclic) bond motifs is 1. The Hall–Kier alpha value is -1.56. The summed E-state index contributed by atoms with van der Waals surface area (Å²) < 4.78 is 39.1. The first-order chi connectivity index (χ1) is 9.06. The Morgan fingerprint density at radius 3 is 2.16 bits per heavy atom. The number of halogens is 3. The minimum absolute atomic E-state index is 0.135. The summed E-state index contributed by atoms with van der Waals surface area (Å²) in [5, 5.41) is 3.24. The lowest BCUT2D eigenvalue weighted by Gasteiger charge is -2.17. The summed E-state index contributed by atoms with van der Waals surface area (Å²) in [6, 6.07) is 1.51. The van der Waals surface area contributed by atoms with Gasteiger partial charge in [0.1, 0.15) is 0 Å². The van der Waals surface area contributed by atoms with E-state index in [0.29, 0.717) is 24.9 Å². The van der Waals surface area contributed by atoms with Crippen molar-refractivity contribution in [2.24, 2.45) is 11.8 Å². The third-order valence-electron chi connectivity index (χ3n) is 3.91. The Bertz CT molecular complexity index is 500. The number of carbonyl (C=O) groups excluding carboxylic acids is 1. The Kier molecular flexibility index (Phi) is 2.97. The van der Waals surface area contributed by atoms with Crippen LogP contribution in [0, 0.1) is 29.3 Å². The predicted molar refractivity (Wildman–Crippen MR) is 62.1 cm³/mol. The Balaban J connectivity index is 1.81. The van der Waals surface area contributed by atoms with Gasteiger partial charge in [0, 0.05) is 31.7 Å². The molecule has 1 aromatic rings. The maximum atomic E-state index is 13.1. The van der Waals surface area contributed by atoms with E-state index in [2.05, 4.69) is 5.32 Å². The van der Waals surface area contributed by atoms with E-state index in [0.717, 1.165) is 25.2 Å². The van der Waals surface area contributed by atoms with Crippen molar-refractivity contribution in [3.63, 3.8) is 0 Å². The van der Waals surface area contributed by atoms with Crippen molar-refractivity contribution in [1.82, 2.24) is 10.2 Å². The van der Waals surface area contributed by atoms with Gasteiger partial charge in [0.05, 0.1) is 0 Å². The third kappa shape index (κ3) is 2.10. The molecule has 0 spiro atoms. The number of benzene rings is 1. The van der Waals surface area contributed by atoms with E-state index >= 15 is 0 Å². The maximum absolute atomic E-state index is 13.1. The first-order valence-corrected chi connectivity index (χ1v) is 6.21. The van der Waals surface area contributed by atoms with Crippen LogP contribution in [-0.4, -0.2) is 37.0 Å². The van der Waals surface area contributed by atoms with Gasteiger partial charge in [0.15, 0.2) is 17.5 Å². The smallest absolute Gasteiger partial charge is 0.254 e. The molecule has 2 heterocycles. The summed E-state index contributed by atoms with van der Waals surface area (Å²) in [6.45, 7) is 2.88. The fourth-order valence-electron chi connectivity index (χ4n) is 2.88. The van der Waals surface area contributed by atoms with E-state index in [4.69, 9.17) is 0 Å². The number of carbonyl (C=O) groups is 1. The second kappa shape index (κ2) is 4.52. The molecule has 1 N–H and O–H groups in total. The lowest BCUT2D eigenvalue weighted by molar-refractivity contribution is 0.0780. The lowest BCUT2D eigenvalue weighted by Crippen LogP contribution is -2.32. The highest BCUT2D eigenvalue weighted by Crippen LogP contribution is 2.27. The Morgan fingerprint density at radius 1 is 1.11 bits per heavy atom. The average Bonchev–Trinajstić information content (AvgIpc) is 2.94. The van der Waals surface area contributed by atoms with Crippen molar-refractivity contribution >= 4 is 5.91 Å². The quantitative estimate of drug-likeness (QED) is 0.782. The highest BCUT2D eigenvalue weighted by atomic mass is 19.2. The minimum atomic E-state index is -1.54. The van der Waals surface area contributed by atoms with Gasteiger partial charge in [-0.2, -0.15) is 0 Å². The van der Waals surface area contributed by atoms with Gasteiger partial charge < -0.3 is 10.2 Å². The summed E-state index contributed by atoms with van der Waals surface area (Å²) in [7, 11) is 0. The summed E-state index contributed by atoms with van der Waals surface area (Å²) in [5.41, 5.74) is -0.135. The molecule has 2 saturated heterocycles. The SMILES string of the molecule is O=C(c1cc(F)c(F)c(F)c1)N1C[C@H]2CNC[C@H]2C1. The molecule has 2 fully saturated rings. The predicted octanol–water partition coefficient (Wildman–Crippen LogP) is 1.40. The number of nitrogens with one attached hydrogen (secondary N) is 1. The molecule has 0 bridgehead atoms. The summed E-state index contributed by atoms with van der Waals surface area (Å²) in [4.78, 5) is 13.7. The lowest BCUT2D eigenvalue weighted by atomic mass is 10.0. The van der Waals surface area contributed by atoms with Gasteiger partial charge >= 0.3 is 0 Å². The van der Waals surface area contributed by atoms with Gasteiger partial charge in [0.2, 0.25) is 0 Å². The van der Waals surface area contributed by atoms with E-state index in [9.17, 15) is 18.0 Å². The molecular weight excluding hydrogens is 257 g/mol. The zero-order chi connectivity index (χ0) is 13.6. The first kappa shape index (κ1) is 12.5. The van der Waals surface area contributed by atoms with E-state index < -0.39 is 23.4 Å². The first-order valence-electron chi connectivity index (χ1n) is 6.21. The van der Waals surface area contributed by atoms with Crippen LogP contribution in [0.3, 0.4) is 0 Å². The molecule has 1 aromatic carbocycles. The molecule has 102 valence electrons. The molecule has 2 aliphatic heterocycles. The van der Waals surface area contributed by atoms with Crippen LogP contribution in [0.4, 0.5) is 13.2 Å². The average molecular weight is 270 g/mol. The Morgan fingerprint density at radius 2 is 1.63 bits per heavy atom. The van der Waals surface area contributed by atoms with Gasteiger partial charge in [-0.25, -0.2) is 13.2 Å². The highest BCUT2D eigenvalue weighted by Gasteiger charge is 2.38. The van der Waals surface area contributed by atoms with Crippen LogP contribution in [0.5, 0.6) is 0 Å². The Labute approximate surface area is 108 Å². The molecule has 2 aliphatic rings. The number of hydrogen-bond acceptors (Lipinski definition) is 2. The minimum Gasteiger partial charge on any atom is -0.338 e. The summed E-state index contributed by atoms with van der Waals surface area (Å²) >= 11 is 0. The van der Waals surface area contributed by atoms with Crippen LogP contribution in [0.15, 0.2) is 12.1 Å². The molecule has 2 atom stereocenters. The zero-order valence-electron chi connectivity index (χ0n) is 10.1. The van der Waals surface area contributed by atoms with E-state index in [1.807, 2.05) is 0 Å². The normalized spacial score (nSPS) is 25.7.